The van der Waals surface area contributed by atoms with Gasteiger partial charge in [-0.1, -0.05) is 43.2 Å². The molecule has 2 aliphatic rings. The molecule has 1 fully saturated rings. The number of aromatic nitrogens is 2. The first-order valence-electron chi connectivity index (χ1n) is 13.7. The largest absolute Gasteiger partial charge is 0.472 e. The Balaban J connectivity index is 1.58. The number of aliphatic hydroxyl groups excluding tert-OH is 1. The van der Waals surface area contributed by atoms with Gasteiger partial charge in [-0.2, -0.15) is 0 Å². The molecule has 0 unspecified atom stereocenters. The number of fused-ring (bicyclic) bond motifs is 1. The van der Waals surface area contributed by atoms with E-state index in [1.807, 2.05) is 13.8 Å². The Bertz CT molecular complexity index is 1220. The molecule has 0 bridgehead atoms. The number of pyridine rings is 1. The number of carbonyl (C=O) groups excluding carboxylic acids is 2. The Morgan fingerprint density at radius 2 is 2.05 bits per heavy atom. The number of carbonyl (C=O) groups is 2. The highest BCUT2D eigenvalue weighted by atomic mass is 16.5. The first-order chi connectivity index (χ1) is 18.7. The van der Waals surface area contributed by atoms with Crippen LogP contribution in [-0.4, -0.2) is 75.9 Å². The van der Waals surface area contributed by atoms with Crippen LogP contribution >= 0.6 is 0 Å². The molecule has 3 heterocycles. The van der Waals surface area contributed by atoms with Crippen LogP contribution in [0, 0.1) is 37.5 Å². The van der Waals surface area contributed by atoms with Crippen molar-refractivity contribution in [1.82, 2.24) is 19.9 Å². The lowest BCUT2D eigenvalue weighted by atomic mass is 9.90. The minimum Gasteiger partial charge on any atom is -0.472 e. The number of nitrogens with zero attached hydrogens (tertiary/aromatic N) is 4. The molecule has 210 valence electrons. The van der Waals surface area contributed by atoms with Gasteiger partial charge in [0, 0.05) is 37.2 Å². The number of amides is 3. The van der Waals surface area contributed by atoms with Gasteiger partial charge in [-0.25, -0.2) is 9.78 Å². The number of hydrogen-bond acceptors (Lipinski definition) is 7. The molecule has 3 atom stereocenters. The maximum atomic E-state index is 13.6. The van der Waals surface area contributed by atoms with Gasteiger partial charge in [0.05, 0.1) is 19.2 Å². The summed E-state index contributed by atoms with van der Waals surface area (Å²) < 4.78 is 11.5. The maximum absolute atomic E-state index is 13.6. The molecular weight excluding hydrogens is 498 g/mol. The van der Waals surface area contributed by atoms with Crippen molar-refractivity contribution in [2.45, 2.75) is 71.9 Å². The molecule has 0 radical (unpaired) electrons. The van der Waals surface area contributed by atoms with E-state index in [-0.39, 0.29) is 36.9 Å². The Labute approximate surface area is 230 Å². The van der Waals surface area contributed by atoms with E-state index >= 15 is 0 Å². The second-order valence-corrected chi connectivity index (χ2v) is 10.8. The molecule has 2 aromatic heterocycles. The van der Waals surface area contributed by atoms with Crippen LogP contribution in [0.4, 0.5) is 10.5 Å². The second kappa shape index (κ2) is 12.5. The number of likely N-dealkylation sites (N-methyl/N-ethyl adjacent to an activating group) is 1. The van der Waals surface area contributed by atoms with E-state index in [2.05, 4.69) is 27.3 Å². The zero-order valence-corrected chi connectivity index (χ0v) is 23.5. The van der Waals surface area contributed by atoms with Crippen LogP contribution in [0.5, 0.6) is 5.88 Å². The van der Waals surface area contributed by atoms with Crippen LogP contribution in [0.3, 0.4) is 0 Å². The molecule has 39 heavy (non-hydrogen) atoms. The van der Waals surface area contributed by atoms with Crippen LogP contribution in [0.1, 0.15) is 73.3 Å². The van der Waals surface area contributed by atoms with Crippen LogP contribution in [-0.2, 0) is 0 Å². The molecule has 0 saturated heterocycles. The summed E-state index contributed by atoms with van der Waals surface area (Å²) in [4.78, 5) is 34.3. The van der Waals surface area contributed by atoms with Crippen LogP contribution in [0.2, 0.25) is 0 Å². The first kappa shape index (κ1) is 28.4. The number of aryl methyl sites for hydroxylation is 2. The third-order valence-electron chi connectivity index (χ3n) is 7.61. The first-order valence-corrected chi connectivity index (χ1v) is 13.7. The number of urea groups is 1. The van der Waals surface area contributed by atoms with E-state index in [1.165, 1.54) is 24.2 Å². The van der Waals surface area contributed by atoms with E-state index < -0.39 is 12.1 Å². The average Bonchev–Trinajstić information content (AvgIpc) is 3.25. The third-order valence-corrected chi connectivity index (χ3v) is 7.61. The summed E-state index contributed by atoms with van der Waals surface area (Å²) >= 11 is 0. The summed E-state index contributed by atoms with van der Waals surface area (Å²) in [7, 11) is 1.68. The predicted molar refractivity (Wildman–Crippen MR) is 146 cm³/mol. The van der Waals surface area contributed by atoms with Gasteiger partial charge in [-0.3, -0.25) is 4.79 Å². The summed E-state index contributed by atoms with van der Waals surface area (Å²) in [6.45, 7) is 7.69. The molecule has 1 saturated carbocycles. The molecule has 2 aromatic rings. The highest BCUT2D eigenvalue weighted by Gasteiger charge is 2.35. The van der Waals surface area contributed by atoms with Gasteiger partial charge < -0.3 is 29.5 Å². The lowest BCUT2D eigenvalue weighted by Crippen LogP contribution is -2.50. The molecule has 0 spiro atoms. The van der Waals surface area contributed by atoms with E-state index in [0.29, 0.717) is 40.7 Å². The SMILES string of the molecule is Cc1noc(C)c1NC(=O)N(C)C[C@@H]1Oc2ncc(C#CC3CCCCC3)cc2C(=O)N([C@H](C)CO)C[C@@H]1C. The van der Waals surface area contributed by atoms with Gasteiger partial charge in [0.1, 0.15) is 23.0 Å². The summed E-state index contributed by atoms with van der Waals surface area (Å²) in [5.74, 6) is 7.26. The zero-order valence-electron chi connectivity index (χ0n) is 23.5. The fourth-order valence-electron chi connectivity index (χ4n) is 5.04. The van der Waals surface area contributed by atoms with Crippen molar-refractivity contribution in [3.05, 3.63) is 34.8 Å². The van der Waals surface area contributed by atoms with Crippen molar-refractivity contribution < 1.29 is 24.0 Å². The minimum absolute atomic E-state index is 0.155. The van der Waals surface area contributed by atoms with Crippen LogP contribution in [0.25, 0.3) is 0 Å². The quantitative estimate of drug-likeness (QED) is 0.553. The van der Waals surface area contributed by atoms with Gasteiger partial charge in [-0.05, 0) is 39.7 Å². The molecule has 4 rings (SSSR count). The molecule has 2 N–H and O–H groups in total. The molecule has 1 aliphatic carbocycles. The molecular formula is C29H39N5O5. The van der Waals surface area contributed by atoms with Crippen molar-refractivity contribution in [2.24, 2.45) is 11.8 Å². The zero-order chi connectivity index (χ0) is 28.1. The Kier molecular flexibility index (Phi) is 9.12. The smallest absolute Gasteiger partial charge is 0.321 e. The van der Waals surface area contributed by atoms with E-state index in [0.717, 1.165) is 12.8 Å². The molecule has 10 heteroatoms. The van der Waals surface area contributed by atoms with Gasteiger partial charge in [0.25, 0.3) is 5.91 Å². The van der Waals surface area contributed by atoms with Crippen molar-refractivity contribution in [2.75, 3.05) is 32.1 Å². The Morgan fingerprint density at radius 1 is 1.31 bits per heavy atom. The summed E-state index contributed by atoms with van der Waals surface area (Å²) in [6.07, 6.45) is 7.05. The van der Waals surface area contributed by atoms with E-state index in [1.54, 1.807) is 38.1 Å². The van der Waals surface area contributed by atoms with Gasteiger partial charge >= 0.3 is 6.03 Å². The van der Waals surface area contributed by atoms with Crippen molar-refractivity contribution in [3.63, 3.8) is 0 Å². The van der Waals surface area contributed by atoms with Crippen molar-refractivity contribution in [3.8, 4) is 17.7 Å². The number of aliphatic hydroxyl groups is 1. The van der Waals surface area contributed by atoms with Crippen molar-refractivity contribution in [1.29, 1.82) is 0 Å². The average molecular weight is 538 g/mol. The predicted octanol–water partition coefficient (Wildman–Crippen LogP) is 4.00. The second-order valence-electron chi connectivity index (χ2n) is 10.8. The number of ether oxygens (including phenoxy) is 1. The standard InChI is InChI=1S/C29H39N5O5/c1-18-15-34(19(2)17-35)28(36)24-13-23(12-11-22-9-7-6-8-10-22)14-30-27(24)38-25(18)16-33(5)29(37)31-26-20(3)32-39-21(26)4/h13-14,18-19,22,25,35H,6-10,15-17H2,1-5H3,(H,31,37)/t18-,19+,25-/m0/s1. The van der Waals surface area contributed by atoms with E-state index in [4.69, 9.17) is 9.26 Å². The highest BCUT2D eigenvalue weighted by molar-refractivity contribution is 5.97. The molecule has 10 nitrogen and oxygen atoms in total. The number of rotatable bonds is 5. The topological polar surface area (TPSA) is 121 Å². The third kappa shape index (κ3) is 6.71. The normalized spacial score (nSPS) is 20.6. The van der Waals surface area contributed by atoms with E-state index in [9.17, 15) is 14.7 Å². The number of anilines is 1. The number of nitrogens with one attached hydrogen (secondary N) is 1. The summed E-state index contributed by atoms with van der Waals surface area (Å²) in [6, 6.07) is 1.00. The minimum atomic E-state index is -0.461. The molecule has 1 aliphatic heterocycles. The van der Waals surface area contributed by atoms with Gasteiger partial charge in [0.15, 0.2) is 5.76 Å². The lowest BCUT2D eigenvalue weighted by molar-refractivity contribution is 0.0356. The van der Waals surface area contributed by atoms with Gasteiger partial charge in [-0.15, -0.1) is 0 Å². The van der Waals surface area contributed by atoms with Crippen LogP contribution in [0.15, 0.2) is 16.8 Å². The molecule has 3 amide bonds. The van der Waals surface area contributed by atoms with Crippen LogP contribution < -0.4 is 10.1 Å². The van der Waals surface area contributed by atoms with Crippen molar-refractivity contribution >= 4 is 17.6 Å². The monoisotopic (exact) mass is 537 g/mol. The Hall–Kier alpha value is -3.58. The molecule has 0 aromatic carbocycles. The summed E-state index contributed by atoms with van der Waals surface area (Å²) in [5, 5.41) is 16.6. The Morgan fingerprint density at radius 3 is 2.72 bits per heavy atom. The van der Waals surface area contributed by atoms with Gasteiger partial charge in [0.2, 0.25) is 5.88 Å². The maximum Gasteiger partial charge on any atom is 0.321 e. The highest BCUT2D eigenvalue weighted by Crippen LogP contribution is 2.28. The summed E-state index contributed by atoms with van der Waals surface area (Å²) in [5.41, 5.74) is 2.11. The number of hydrogen-bond donors (Lipinski definition) is 2. The lowest BCUT2D eigenvalue weighted by Gasteiger charge is -2.37. The fraction of sp³-hybridized carbons (Fsp3) is 0.586. The fourth-order valence-corrected chi connectivity index (χ4v) is 5.04.